The molecule has 0 radical (unpaired) electrons. The van der Waals surface area contributed by atoms with Crippen molar-refractivity contribution in [2.75, 3.05) is 5.32 Å². The molecule has 0 atom stereocenters. The molecule has 144 valence electrons. The lowest BCUT2D eigenvalue weighted by atomic mass is 10.2. The minimum atomic E-state index is -0.581. The molecular weight excluding hydrogens is 394 g/mol. The number of nitro groups is 1. The third kappa shape index (κ3) is 3.92. The van der Waals surface area contributed by atoms with Gasteiger partial charge in [-0.1, -0.05) is 48.0 Å². The van der Waals surface area contributed by atoms with Crippen LogP contribution >= 0.6 is 11.6 Å². The molecule has 0 bridgehead atoms. The number of hydrogen-bond donors (Lipinski definition) is 1. The fourth-order valence-electron chi connectivity index (χ4n) is 2.81. The Morgan fingerprint density at radius 3 is 2.69 bits per heavy atom. The predicted octanol–water partition coefficient (Wildman–Crippen LogP) is 4.99. The number of pyridine rings is 1. The van der Waals surface area contributed by atoms with Gasteiger partial charge < -0.3 is 10.1 Å². The summed E-state index contributed by atoms with van der Waals surface area (Å²) < 4.78 is 5.78. The van der Waals surface area contributed by atoms with Gasteiger partial charge in [-0.05, 0) is 23.8 Å². The van der Waals surface area contributed by atoms with Crippen LogP contribution in [0.2, 0.25) is 5.02 Å². The molecule has 4 rings (SSSR count). The van der Waals surface area contributed by atoms with Gasteiger partial charge in [-0.15, -0.1) is 0 Å². The molecule has 0 fully saturated rings. The van der Waals surface area contributed by atoms with Crippen molar-refractivity contribution < 1.29 is 9.66 Å². The van der Waals surface area contributed by atoms with Gasteiger partial charge in [-0.3, -0.25) is 15.1 Å². The summed E-state index contributed by atoms with van der Waals surface area (Å²) in [5.74, 6) is 0.222. The van der Waals surface area contributed by atoms with Crippen LogP contribution in [0.3, 0.4) is 0 Å². The van der Waals surface area contributed by atoms with E-state index in [-0.39, 0.29) is 23.9 Å². The molecule has 0 spiro atoms. The summed E-state index contributed by atoms with van der Waals surface area (Å²) in [6, 6.07) is 16.2. The highest BCUT2D eigenvalue weighted by molar-refractivity contribution is 6.31. The second-order valence-corrected chi connectivity index (χ2v) is 6.42. The molecular formula is C20H14ClN5O3. The fraction of sp³-hybridized carbons (Fsp3) is 0.0500. The van der Waals surface area contributed by atoms with Crippen LogP contribution in [0.15, 0.2) is 67.1 Å². The highest BCUT2D eigenvalue weighted by Crippen LogP contribution is 2.36. The largest absolute Gasteiger partial charge is 0.431 e. The molecule has 8 nitrogen and oxygen atoms in total. The van der Waals surface area contributed by atoms with Crippen molar-refractivity contribution in [1.82, 2.24) is 15.0 Å². The van der Waals surface area contributed by atoms with E-state index in [1.54, 1.807) is 30.5 Å². The molecule has 0 aliphatic rings. The Labute approximate surface area is 170 Å². The average Bonchev–Trinajstić information content (AvgIpc) is 2.73. The van der Waals surface area contributed by atoms with E-state index < -0.39 is 4.92 Å². The van der Waals surface area contributed by atoms with Crippen molar-refractivity contribution in [2.45, 2.75) is 6.54 Å². The molecule has 0 aliphatic carbocycles. The Balaban J connectivity index is 1.68. The first-order valence-corrected chi connectivity index (χ1v) is 8.99. The summed E-state index contributed by atoms with van der Waals surface area (Å²) >= 11 is 6.15. The van der Waals surface area contributed by atoms with Gasteiger partial charge in [0.05, 0.1) is 4.92 Å². The normalized spacial score (nSPS) is 10.7. The highest BCUT2D eigenvalue weighted by atomic mass is 35.5. The van der Waals surface area contributed by atoms with E-state index in [4.69, 9.17) is 16.3 Å². The van der Waals surface area contributed by atoms with Gasteiger partial charge in [-0.25, -0.2) is 4.98 Å². The maximum atomic E-state index is 11.7. The van der Waals surface area contributed by atoms with Crippen molar-refractivity contribution in [3.63, 3.8) is 0 Å². The zero-order valence-electron chi connectivity index (χ0n) is 14.9. The van der Waals surface area contributed by atoms with E-state index in [2.05, 4.69) is 20.3 Å². The lowest BCUT2D eigenvalue weighted by Crippen LogP contribution is -2.07. The molecule has 0 saturated carbocycles. The minimum Gasteiger partial charge on any atom is -0.431 e. The van der Waals surface area contributed by atoms with Crippen LogP contribution in [0.1, 0.15) is 5.56 Å². The SMILES string of the molecule is O=[N+]([O-])c1c(NCc2ccccc2Cl)ncnc1Oc1cccc2cccnc12. The van der Waals surface area contributed by atoms with Crippen LogP contribution in [0.4, 0.5) is 11.5 Å². The van der Waals surface area contributed by atoms with Crippen molar-refractivity contribution in [1.29, 1.82) is 0 Å². The molecule has 29 heavy (non-hydrogen) atoms. The van der Waals surface area contributed by atoms with Crippen molar-refractivity contribution in [2.24, 2.45) is 0 Å². The summed E-state index contributed by atoms with van der Waals surface area (Å²) in [7, 11) is 0. The maximum absolute atomic E-state index is 11.7. The lowest BCUT2D eigenvalue weighted by Gasteiger charge is -2.11. The van der Waals surface area contributed by atoms with Crippen LogP contribution in [0.25, 0.3) is 10.9 Å². The average molecular weight is 408 g/mol. The van der Waals surface area contributed by atoms with Crippen LogP contribution in [-0.4, -0.2) is 19.9 Å². The first-order valence-electron chi connectivity index (χ1n) is 8.62. The first kappa shape index (κ1) is 18.6. The van der Waals surface area contributed by atoms with Crippen LogP contribution in [0.5, 0.6) is 11.6 Å². The Morgan fingerprint density at radius 1 is 1.03 bits per heavy atom. The van der Waals surface area contributed by atoms with E-state index in [1.807, 2.05) is 30.3 Å². The van der Waals surface area contributed by atoms with Gasteiger partial charge in [0.1, 0.15) is 11.8 Å². The summed E-state index contributed by atoms with van der Waals surface area (Å²) in [5.41, 5.74) is 0.990. The first-order chi connectivity index (χ1) is 14.1. The zero-order valence-corrected chi connectivity index (χ0v) is 15.7. The standard InChI is InChI=1S/C20H14ClN5O3/c21-15-8-2-1-5-14(15)11-23-19-18(26(27)28)20(25-12-24-19)29-16-9-3-6-13-7-4-10-22-17(13)16/h1-10,12H,11H2,(H,23,24,25). The maximum Gasteiger partial charge on any atom is 0.373 e. The smallest absolute Gasteiger partial charge is 0.373 e. The van der Waals surface area contributed by atoms with Crippen LogP contribution < -0.4 is 10.1 Å². The van der Waals surface area contributed by atoms with Gasteiger partial charge in [0.2, 0.25) is 5.82 Å². The monoisotopic (exact) mass is 407 g/mol. The summed E-state index contributed by atoms with van der Waals surface area (Å²) in [5, 5.41) is 16.1. The number of fused-ring (bicyclic) bond motifs is 1. The Bertz CT molecular complexity index is 1200. The third-order valence-corrected chi connectivity index (χ3v) is 4.55. The molecule has 0 unspecified atom stereocenters. The van der Waals surface area contributed by atoms with E-state index in [1.165, 1.54) is 6.33 Å². The number of ether oxygens (including phenoxy) is 1. The molecule has 4 aromatic rings. The molecule has 0 amide bonds. The summed E-state index contributed by atoms with van der Waals surface area (Å²) in [4.78, 5) is 23.4. The molecule has 1 N–H and O–H groups in total. The third-order valence-electron chi connectivity index (χ3n) is 4.18. The molecule has 0 aliphatic heterocycles. The Morgan fingerprint density at radius 2 is 1.86 bits per heavy atom. The second-order valence-electron chi connectivity index (χ2n) is 6.01. The van der Waals surface area contributed by atoms with Gasteiger partial charge in [0, 0.05) is 23.2 Å². The highest BCUT2D eigenvalue weighted by Gasteiger charge is 2.25. The number of hydrogen-bond acceptors (Lipinski definition) is 7. The van der Waals surface area contributed by atoms with Crippen molar-refractivity contribution in [3.8, 4) is 11.6 Å². The topological polar surface area (TPSA) is 103 Å². The fourth-order valence-corrected chi connectivity index (χ4v) is 3.02. The lowest BCUT2D eigenvalue weighted by molar-refractivity contribution is -0.385. The molecule has 9 heteroatoms. The van der Waals surface area contributed by atoms with Crippen molar-refractivity contribution in [3.05, 3.63) is 87.8 Å². The Kier molecular flexibility index (Phi) is 5.17. The number of rotatable bonds is 6. The van der Waals surface area contributed by atoms with Crippen LogP contribution in [0, 0.1) is 10.1 Å². The summed E-state index contributed by atoms with van der Waals surface area (Å²) in [6.07, 6.45) is 2.83. The molecule has 2 aromatic heterocycles. The van der Waals surface area contributed by atoms with Gasteiger partial charge in [0.15, 0.2) is 5.75 Å². The van der Waals surface area contributed by atoms with Crippen LogP contribution in [-0.2, 0) is 6.54 Å². The number of para-hydroxylation sites is 1. The predicted molar refractivity (Wildman–Crippen MR) is 109 cm³/mol. The number of halogens is 1. The second kappa shape index (κ2) is 8.07. The quantitative estimate of drug-likeness (QED) is 0.354. The van der Waals surface area contributed by atoms with E-state index in [0.717, 1.165) is 10.9 Å². The number of anilines is 1. The van der Waals surface area contributed by atoms with Gasteiger partial charge >= 0.3 is 11.6 Å². The van der Waals surface area contributed by atoms with E-state index in [9.17, 15) is 10.1 Å². The summed E-state index contributed by atoms with van der Waals surface area (Å²) in [6.45, 7) is 0.257. The molecule has 2 aromatic carbocycles. The Hall–Kier alpha value is -3.78. The van der Waals surface area contributed by atoms with Crippen molar-refractivity contribution >= 4 is 34.0 Å². The molecule has 2 heterocycles. The minimum absolute atomic E-state index is 0.0353. The van der Waals surface area contributed by atoms with Gasteiger partial charge in [-0.2, -0.15) is 4.98 Å². The number of benzene rings is 2. The number of aromatic nitrogens is 3. The van der Waals surface area contributed by atoms with E-state index >= 15 is 0 Å². The van der Waals surface area contributed by atoms with Gasteiger partial charge in [0.25, 0.3) is 0 Å². The molecule has 0 saturated heterocycles. The number of nitrogens with one attached hydrogen (secondary N) is 1. The zero-order chi connectivity index (χ0) is 20.2. The number of nitrogens with zero attached hydrogens (tertiary/aromatic N) is 4. The van der Waals surface area contributed by atoms with E-state index in [0.29, 0.717) is 16.3 Å².